The molecule has 4 aromatic rings. The fourth-order valence-corrected chi connectivity index (χ4v) is 3.06. The molecule has 1 atom stereocenters. The molecule has 9 heteroatoms. The number of rotatable bonds is 2. The number of benzene rings is 1. The van der Waals surface area contributed by atoms with Crippen LogP contribution in [0.5, 0.6) is 0 Å². The first-order chi connectivity index (χ1) is 12.3. The summed E-state index contributed by atoms with van der Waals surface area (Å²) in [5.41, 5.74) is 2.16. The normalized spacial score (nSPS) is 15.3. The predicted molar refractivity (Wildman–Crippen MR) is 87.3 cm³/mol. The minimum atomic E-state index is -0.499. The SMILES string of the molecule is O=c1[nH]nc(-c2ccccc2)c2c1Nc1nnnn1C2c1ccco1. The Labute approximate surface area is 140 Å². The van der Waals surface area contributed by atoms with E-state index in [0.717, 1.165) is 5.56 Å². The van der Waals surface area contributed by atoms with Gasteiger partial charge in [0.05, 0.1) is 12.0 Å². The molecule has 0 spiro atoms. The van der Waals surface area contributed by atoms with Crippen molar-refractivity contribution in [2.24, 2.45) is 0 Å². The van der Waals surface area contributed by atoms with E-state index in [0.29, 0.717) is 28.7 Å². The molecule has 0 aliphatic carbocycles. The highest BCUT2D eigenvalue weighted by Gasteiger charge is 2.35. The molecule has 1 aromatic carbocycles. The highest BCUT2D eigenvalue weighted by atomic mass is 16.3. The number of H-pyrrole nitrogens is 1. The summed E-state index contributed by atoms with van der Waals surface area (Å²) in [6, 6.07) is 12.7. The van der Waals surface area contributed by atoms with E-state index >= 15 is 0 Å². The van der Waals surface area contributed by atoms with Crippen LogP contribution in [0.15, 0.2) is 57.9 Å². The lowest BCUT2D eigenvalue weighted by Gasteiger charge is -2.26. The fraction of sp³-hybridized carbons (Fsp3) is 0.0625. The second kappa shape index (κ2) is 5.13. The largest absolute Gasteiger partial charge is 0.467 e. The molecule has 25 heavy (non-hydrogen) atoms. The second-order valence-electron chi connectivity index (χ2n) is 5.55. The van der Waals surface area contributed by atoms with Gasteiger partial charge in [-0.1, -0.05) is 35.4 Å². The average molecular weight is 333 g/mol. The lowest BCUT2D eigenvalue weighted by molar-refractivity contribution is 0.435. The zero-order valence-corrected chi connectivity index (χ0v) is 12.7. The molecule has 0 bridgehead atoms. The number of nitrogens with one attached hydrogen (secondary N) is 2. The molecule has 2 N–H and O–H groups in total. The van der Waals surface area contributed by atoms with Crippen molar-refractivity contribution >= 4 is 11.6 Å². The Morgan fingerprint density at radius 1 is 1.12 bits per heavy atom. The summed E-state index contributed by atoms with van der Waals surface area (Å²) in [7, 11) is 0. The predicted octanol–water partition coefficient (Wildman–Crippen LogP) is 1.71. The lowest BCUT2D eigenvalue weighted by atomic mass is 9.96. The summed E-state index contributed by atoms with van der Waals surface area (Å²) in [5.74, 6) is 0.977. The van der Waals surface area contributed by atoms with Crippen LogP contribution in [-0.4, -0.2) is 30.4 Å². The summed E-state index contributed by atoms with van der Waals surface area (Å²) < 4.78 is 7.18. The van der Waals surface area contributed by atoms with Gasteiger partial charge in [0, 0.05) is 11.1 Å². The molecule has 0 saturated heterocycles. The molecule has 1 aliphatic heterocycles. The molecule has 0 radical (unpaired) electrons. The maximum Gasteiger partial charge on any atom is 0.288 e. The van der Waals surface area contributed by atoms with Crippen molar-refractivity contribution in [1.29, 1.82) is 0 Å². The Kier molecular flexibility index (Phi) is 2.80. The van der Waals surface area contributed by atoms with Crippen LogP contribution in [0.3, 0.4) is 0 Å². The minimum absolute atomic E-state index is 0.347. The topological polar surface area (TPSA) is 115 Å². The zero-order chi connectivity index (χ0) is 16.8. The quantitative estimate of drug-likeness (QED) is 0.505. The standard InChI is InChI=1S/C16H11N7O2/c24-15-13-11(12(18-19-15)9-5-2-1-3-6-9)14(10-7-4-8-25-10)23-16(17-13)20-21-22-23/h1-8,14H,(H,19,24)(H,17,20,22). The van der Waals surface area contributed by atoms with E-state index < -0.39 is 6.04 Å². The van der Waals surface area contributed by atoms with Gasteiger partial charge in [-0.3, -0.25) is 4.79 Å². The van der Waals surface area contributed by atoms with Gasteiger partial charge in [0.15, 0.2) is 0 Å². The van der Waals surface area contributed by atoms with E-state index in [9.17, 15) is 4.79 Å². The molecular formula is C16H11N7O2. The molecule has 1 aliphatic rings. The first kappa shape index (κ1) is 13.7. The van der Waals surface area contributed by atoms with Crippen LogP contribution in [0.2, 0.25) is 0 Å². The molecule has 5 rings (SSSR count). The number of hydrogen-bond acceptors (Lipinski definition) is 7. The molecule has 0 fully saturated rings. The highest BCUT2D eigenvalue weighted by molar-refractivity contribution is 5.75. The van der Waals surface area contributed by atoms with Crippen LogP contribution in [0.1, 0.15) is 17.4 Å². The van der Waals surface area contributed by atoms with Crippen LogP contribution in [-0.2, 0) is 0 Å². The molecule has 0 saturated carbocycles. The number of hydrogen-bond donors (Lipinski definition) is 2. The molecular weight excluding hydrogens is 322 g/mol. The fourth-order valence-electron chi connectivity index (χ4n) is 3.06. The van der Waals surface area contributed by atoms with Crippen molar-refractivity contribution in [3.8, 4) is 11.3 Å². The summed E-state index contributed by atoms with van der Waals surface area (Å²) in [6.07, 6.45) is 1.57. The van der Waals surface area contributed by atoms with Crippen molar-refractivity contribution in [1.82, 2.24) is 30.4 Å². The van der Waals surface area contributed by atoms with Crippen LogP contribution < -0.4 is 10.9 Å². The van der Waals surface area contributed by atoms with Crippen molar-refractivity contribution in [2.75, 3.05) is 5.32 Å². The van der Waals surface area contributed by atoms with E-state index in [2.05, 4.69) is 31.0 Å². The first-order valence-electron chi connectivity index (χ1n) is 7.59. The number of tetrazole rings is 1. The second-order valence-corrected chi connectivity index (χ2v) is 5.55. The van der Waals surface area contributed by atoms with Crippen LogP contribution >= 0.6 is 0 Å². The Morgan fingerprint density at radius 3 is 2.80 bits per heavy atom. The van der Waals surface area contributed by atoms with E-state index in [1.165, 1.54) is 0 Å². The van der Waals surface area contributed by atoms with Crippen molar-refractivity contribution < 1.29 is 4.42 Å². The molecule has 0 amide bonds. The van der Waals surface area contributed by atoms with Crippen LogP contribution in [0.4, 0.5) is 11.6 Å². The Bertz CT molecular complexity index is 1100. The van der Waals surface area contributed by atoms with Gasteiger partial charge in [0.25, 0.3) is 5.56 Å². The van der Waals surface area contributed by atoms with E-state index in [1.54, 1.807) is 17.0 Å². The third kappa shape index (κ3) is 1.99. The van der Waals surface area contributed by atoms with Crippen molar-refractivity contribution in [2.45, 2.75) is 6.04 Å². The highest BCUT2D eigenvalue weighted by Crippen LogP contribution is 2.40. The van der Waals surface area contributed by atoms with Gasteiger partial charge < -0.3 is 9.73 Å². The monoisotopic (exact) mass is 333 g/mol. The van der Waals surface area contributed by atoms with Gasteiger partial charge in [-0.15, -0.1) is 0 Å². The van der Waals surface area contributed by atoms with E-state index in [-0.39, 0.29) is 5.56 Å². The van der Waals surface area contributed by atoms with Gasteiger partial charge in [0.1, 0.15) is 17.5 Å². The molecule has 122 valence electrons. The van der Waals surface area contributed by atoms with Gasteiger partial charge >= 0.3 is 0 Å². The van der Waals surface area contributed by atoms with Gasteiger partial charge in [-0.05, 0) is 22.6 Å². The lowest BCUT2D eigenvalue weighted by Crippen LogP contribution is -2.28. The Balaban J connectivity index is 1.85. The number of anilines is 2. The third-order valence-electron chi connectivity index (χ3n) is 4.13. The Hall–Kier alpha value is -3.75. The number of aromatic nitrogens is 6. The summed E-state index contributed by atoms with van der Waals surface area (Å²) in [6.45, 7) is 0. The molecule has 9 nitrogen and oxygen atoms in total. The number of aromatic amines is 1. The summed E-state index contributed by atoms with van der Waals surface area (Å²) >= 11 is 0. The molecule has 4 heterocycles. The smallest absolute Gasteiger partial charge is 0.288 e. The van der Waals surface area contributed by atoms with Gasteiger partial charge in [-0.2, -0.15) is 9.78 Å². The number of fused-ring (bicyclic) bond motifs is 2. The maximum atomic E-state index is 12.4. The van der Waals surface area contributed by atoms with E-state index in [1.807, 2.05) is 36.4 Å². The molecule has 1 unspecified atom stereocenters. The van der Waals surface area contributed by atoms with Crippen LogP contribution in [0.25, 0.3) is 11.3 Å². The van der Waals surface area contributed by atoms with Crippen molar-refractivity contribution in [3.05, 3.63) is 70.4 Å². The average Bonchev–Trinajstić information content (AvgIpc) is 3.33. The zero-order valence-electron chi connectivity index (χ0n) is 12.7. The molecule has 3 aromatic heterocycles. The number of furan rings is 1. The Morgan fingerprint density at radius 2 is 2.00 bits per heavy atom. The third-order valence-corrected chi connectivity index (χ3v) is 4.13. The minimum Gasteiger partial charge on any atom is -0.467 e. The summed E-state index contributed by atoms with van der Waals surface area (Å²) in [5, 5.41) is 21.5. The van der Waals surface area contributed by atoms with Crippen LogP contribution in [0, 0.1) is 0 Å². The van der Waals surface area contributed by atoms with Crippen molar-refractivity contribution in [3.63, 3.8) is 0 Å². The number of nitrogens with zero attached hydrogens (tertiary/aromatic N) is 5. The van der Waals surface area contributed by atoms with E-state index in [4.69, 9.17) is 4.42 Å². The van der Waals surface area contributed by atoms with Gasteiger partial charge in [0.2, 0.25) is 5.95 Å². The first-order valence-corrected chi connectivity index (χ1v) is 7.59. The maximum absolute atomic E-state index is 12.4. The summed E-state index contributed by atoms with van der Waals surface area (Å²) in [4.78, 5) is 12.4. The van der Waals surface area contributed by atoms with Gasteiger partial charge in [-0.25, -0.2) is 5.10 Å².